The van der Waals surface area contributed by atoms with Gasteiger partial charge in [-0.3, -0.25) is 4.79 Å². The average Bonchev–Trinajstić information content (AvgIpc) is 2.64. The van der Waals surface area contributed by atoms with Crippen LogP contribution in [0.3, 0.4) is 0 Å². The second-order valence-corrected chi connectivity index (χ2v) is 6.76. The quantitative estimate of drug-likeness (QED) is 0.732. The van der Waals surface area contributed by atoms with Gasteiger partial charge >= 0.3 is 0 Å². The second-order valence-electron chi connectivity index (χ2n) is 6.76. The molecule has 3 rings (SSSR count). The Balaban J connectivity index is 1.83. The molecule has 5 heteroatoms. The number of benzene rings is 2. The molecule has 0 aliphatic heterocycles. The first-order valence-corrected chi connectivity index (χ1v) is 8.92. The highest BCUT2D eigenvalue weighted by atomic mass is 16.2. The first-order valence-electron chi connectivity index (χ1n) is 8.92. The summed E-state index contributed by atoms with van der Waals surface area (Å²) in [6.45, 7) is 6.46. The number of aromatic nitrogens is 2. The van der Waals surface area contributed by atoms with Crippen LogP contribution in [0.15, 0.2) is 54.6 Å². The van der Waals surface area contributed by atoms with Crippen LogP contribution >= 0.6 is 0 Å². The molecule has 1 amide bonds. The molecule has 1 heterocycles. The Morgan fingerprint density at radius 1 is 0.963 bits per heavy atom. The van der Waals surface area contributed by atoms with Gasteiger partial charge in [0.2, 0.25) is 5.95 Å². The summed E-state index contributed by atoms with van der Waals surface area (Å²) in [4.78, 5) is 23.4. The van der Waals surface area contributed by atoms with Gasteiger partial charge in [-0.25, -0.2) is 9.97 Å². The van der Waals surface area contributed by atoms with Crippen LogP contribution in [0.5, 0.6) is 0 Å². The van der Waals surface area contributed by atoms with Crippen molar-refractivity contribution in [3.63, 3.8) is 0 Å². The maximum Gasteiger partial charge on any atom is 0.272 e. The summed E-state index contributed by atoms with van der Waals surface area (Å²) in [6.07, 6.45) is 0. The van der Waals surface area contributed by atoms with Gasteiger partial charge in [-0.2, -0.15) is 0 Å². The van der Waals surface area contributed by atoms with Gasteiger partial charge in [0.15, 0.2) is 0 Å². The third-order valence-electron chi connectivity index (χ3n) is 4.40. The number of rotatable bonds is 5. The van der Waals surface area contributed by atoms with Crippen LogP contribution in [-0.2, 0) is 6.54 Å². The molecule has 0 aliphatic carbocycles. The maximum absolute atomic E-state index is 12.8. The zero-order chi connectivity index (χ0) is 19.4. The summed E-state index contributed by atoms with van der Waals surface area (Å²) in [6, 6.07) is 17.7. The van der Waals surface area contributed by atoms with Crippen molar-refractivity contribution in [1.82, 2.24) is 14.9 Å². The molecule has 3 aromatic rings. The molecule has 1 aromatic heterocycles. The van der Waals surface area contributed by atoms with Crippen LogP contribution in [0, 0.1) is 20.8 Å². The molecule has 27 heavy (non-hydrogen) atoms. The van der Waals surface area contributed by atoms with Crippen molar-refractivity contribution < 1.29 is 4.79 Å². The number of hydrogen-bond donors (Lipinski definition) is 1. The van der Waals surface area contributed by atoms with Crippen LogP contribution in [0.25, 0.3) is 0 Å². The fraction of sp³-hybridized carbons (Fsp3) is 0.227. The van der Waals surface area contributed by atoms with E-state index < -0.39 is 0 Å². The number of nitrogens with zero attached hydrogens (tertiary/aromatic N) is 3. The number of para-hydroxylation sites is 1. The minimum absolute atomic E-state index is 0.131. The van der Waals surface area contributed by atoms with Crippen molar-refractivity contribution in [1.29, 1.82) is 0 Å². The van der Waals surface area contributed by atoms with Crippen molar-refractivity contribution >= 4 is 17.5 Å². The normalized spacial score (nSPS) is 10.5. The van der Waals surface area contributed by atoms with Gasteiger partial charge in [-0.1, -0.05) is 48.5 Å². The van der Waals surface area contributed by atoms with E-state index in [0.717, 1.165) is 28.1 Å². The monoisotopic (exact) mass is 360 g/mol. The molecule has 2 aromatic carbocycles. The SMILES string of the molecule is Cc1cc(C(=O)N(C)Cc2ccccc2)nc(Nc2c(C)cccc2C)n1. The van der Waals surface area contributed by atoms with Crippen LogP contribution in [0.1, 0.15) is 32.9 Å². The van der Waals surface area contributed by atoms with E-state index in [9.17, 15) is 4.79 Å². The summed E-state index contributed by atoms with van der Waals surface area (Å²) in [5, 5.41) is 3.27. The van der Waals surface area contributed by atoms with E-state index in [0.29, 0.717) is 18.2 Å². The molecule has 0 saturated carbocycles. The van der Waals surface area contributed by atoms with E-state index in [1.807, 2.05) is 69.3 Å². The molecule has 0 aliphatic rings. The summed E-state index contributed by atoms with van der Waals surface area (Å²) < 4.78 is 0. The van der Waals surface area contributed by atoms with Crippen molar-refractivity contribution in [3.05, 3.63) is 82.7 Å². The summed E-state index contributed by atoms with van der Waals surface area (Å²) in [5.41, 5.74) is 5.39. The average molecular weight is 360 g/mol. The largest absolute Gasteiger partial charge is 0.336 e. The van der Waals surface area contributed by atoms with E-state index in [1.165, 1.54) is 0 Å². The highest BCUT2D eigenvalue weighted by Gasteiger charge is 2.16. The third kappa shape index (κ3) is 4.50. The van der Waals surface area contributed by atoms with Gasteiger partial charge in [-0.05, 0) is 43.5 Å². The summed E-state index contributed by atoms with van der Waals surface area (Å²) in [5.74, 6) is 0.303. The predicted molar refractivity (Wildman–Crippen MR) is 108 cm³/mol. The third-order valence-corrected chi connectivity index (χ3v) is 4.40. The minimum atomic E-state index is -0.131. The molecule has 0 fully saturated rings. The van der Waals surface area contributed by atoms with Crippen LogP contribution in [-0.4, -0.2) is 27.8 Å². The Kier molecular flexibility index (Phi) is 5.50. The smallest absolute Gasteiger partial charge is 0.272 e. The van der Waals surface area contributed by atoms with Crippen LogP contribution < -0.4 is 5.32 Å². The Labute approximate surface area is 160 Å². The molecule has 0 radical (unpaired) electrons. The summed E-state index contributed by atoms with van der Waals surface area (Å²) >= 11 is 0. The second kappa shape index (κ2) is 7.99. The fourth-order valence-electron chi connectivity index (χ4n) is 2.98. The first-order chi connectivity index (χ1) is 12.9. The highest BCUT2D eigenvalue weighted by Crippen LogP contribution is 2.23. The lowest BCUT2D eigenvalue weighted by molar-refractivity contribution is 0.0779. The molecule has 0 atom stereocenters. The zero-order valence-electron chi connectivity index (χ0n) is 16.2. The molecular formula is C22H24N4O. The molecule has 0 spiro atoms. The van der Waals surface area contributed by atoms with Gasteiger partial charge in [0.1, 0.15) is 5.69 Å². The van der Waals surface area contributed by atoms with Gasteiger partial charge < -0.3 is 10.2 Å². The van der Waals surface area contributed by atoms with E-state index in [1.54, 1.807) is 18.0 Å². The number of anilines is 2. The van der Waals surface area contributed by atoms with Gasteiger partial charge in [-0.15, -0.1) is 0 Å². The number of aryl methyl sites for hydroxylation is 3. The zero-order valence-corrected chi connectivity index (χ0v) is 16.2. The number of carbonyl (C=O) groups excluding carboxylic acids is 1. The number of carbonyl (C=O) groups is 1. The molecular weight excluding hydrogens is 336 g/mol. The number of nitrogens with one attached hydrogen (secondary N) is 1. The topological polar surface area (TPSA) is 58.1 Å². The number of hydrogen-bond acceptors (Lipinski definition) is 4. The highest BCUT2D eigenvalue weighted by molar-refractivity contribution is 5.92. The molecule has 5 nitrogen and oxygen atoms in total. The lowest BCUT2D eigenvalue weighted by atomic mass is 10.1. The van der Waals surface area contributed by atoms with Gasteiger partial charge in [0.25, 0.3) is 5.91 Å². The molecule has 1 N–H and O–H groups in total. The van der Waals surface area contributed by atoms with Gasteiger partial charge in [0, 0.05) is 25.0 Å². The molecule has 0 unspecified atom stereocenters. The van der Waals surface area contributed by atoms with Gasteiger partial charge in [0.05, 0.1) is 0 Å². The van der Waals surface area contributed by atoms with Crippen LogP contribution in [0.2, 0.25) is 0 Å². The Morgan fingerprint density at radius 3 is 2.30 bits per heavy atom. The maximum atomic E-state index is 12.8. The lowest BCUT2D eigenvalue weighted by Gasteiger charge is -2.18. The Hall–Kier alpha value is -3.21. The number of amides is 1. The Morgan fingerprint density at radius 2 is 1.63 bits per heavy atom. The predicted octanol–water partition coefficient (Wildman–Crippen LogP) is 4.42. The molecule has 0 saturated heterocycles. The first kappa shape index (κ1) is 18.6. The van der Waals surface area contributed by atoms with Crippen molar-refractivity contribution in [2.75, 3.05) is 12.4 Å². The van der Waals surface area contributed by atoms with E-state index >= 15 is 0 Å². The fourth-order valence-corrected chi connectivity index (χ4v) is 2.98. The van der Waals surface area contributed by atoms with Crippen LogP contribution in [0.4, 0.5) is 11.6 Å². The Bertz CT molecular complexity index is 934. The lowest BCUT2D eigenvalue weighted by Crippen LogP contribution is -2.27. The minimum Gasteiger partial charge on any atom is -0.336 e. The molecule has 138 valence electrons. The molecule has 0 bridgehead atoms. The van der Waals surface area contributed by atoms with E-state index in [4.69, 9.17) is 0 Å². The van der Waals surface area contributed by atoms with E-state index in [2.05, 4.69) is 15.3 Å². The standard InChI is InChI=1S/C22H24N4O/c1-15-9-8-10-16(2)20(15)25-22-23-17(3)13-19(24-22)21(27)26(4)14-18-11-6-5-7-12-18/h5-13H,14H2,1-4H3,(H,23,24,25). The van der Waals surface area contributed by atoms with Crippen molar-refractivity contribution in [2.24, 2.45) is 0 Å². The summed E-state index contributed by atoms with van der Waals surface area (Å²) in [7, 11) is 1.78. The van der Waals surface area contributed by atoms with Crippen molar-refractivity contribution in [2.45, 2.75) is 27.3 Å². The van der Waals surface area contributed by atoms with Crippen molar-refractivity contribution in [3.8, 4) is 0 Å². The van der Waals surface area contributed by atoms with E-state index in [-0.39, 0.29) is 5.91 Å².